The fourth-order valence-corrected chi connectivity index (χ4v) is 1.61. The van der Waals surface area contributed by atoms with E-state index in [1.807, 2.05) is 20.8 Å². The predicted molar refractivity (Wildman–Crippen MR) is 70.1 cm³/mol. The Morgan fingerprint density at radius 3 is 2.37 bits per heavy atom. The highest BCUT2D eigenvalue weighted by Crippen LogP contribution is 2.17. The van der Waals surface area contributed by atoms with Crippen molar-refractivity contribution < 1.29 is 14.7 Å². The summed E-state index contributed by atoms with van der Waals surface area (Å²) in [7, 11) is 0. The fraction of sp³-hybridized carbons (Fsp3) is 0.500. The summed E-state index contributed by atoms with van der Waals surface area (Å²) in [6.45, 7) is 5.60. The topological polar surface area (TPSA) is 83.4 Å². The van der Waals surface area contributed by atoms with E-state index in [1.54, 1.807) is 0 Å². The van der Waals surface area contributed by atoms with Gasteiger partial charge in [-0.15, -0.1) is 0 Å². The van der Waals surface area contributed by atoms with Gasteiger partial charge in [-0.2, -0.15) is 0 Å². The van der Waals surface area contributed by atoms with Gasteiger partial charge in [-0.3, -0.25) is 9.59 Å². The molecule has 1 N–H and O–H groups in total. The maximum absolute atomic E-state index is 12.3. The molecule has 0 aromatic carbocycles. The van der Waals surface area contributed by atoms with Gasteiger partial charge in [0.1, 0.15) is 10.8 Å². The number of rotatable bonds is 4. The molecule has 104 valence electrons. The number of carboxylic acids is 1. The highest BCUT2D eigenvalue weighted by atomic mass is 35.5. The normalized spacial score (nSPS) is 11.2. The molecule has 1 heterocycles. The highest BCUT2D eigenvalue weighted by molar-refractivity contribution is 6.29. The van der Waals surface area contributed by atoms with E-state index in [2.05, 4.69) is 9.97 Å². The molecule has 0 unspecified atom stereocenters. The number of carbonyl (C=O) groups excluding carboxylic acids is 1. The van der Waals surface area contributed by atoms with Crippen LogP contribution in [0.5, 0.6) is 0 Å². The number of hydrogen-bond acceptors (Lipinski definition) is 4. The van der Waals surface area contributed by atoms with Crippen LogP contribution < -0.4 is 0 Å². The van der Waals surface area contributed by atoms with E-state index in [0.29, 0.717) is 0 Å². The summed E-state index contributed by atoms with van der Waals surface area (Å²) in [6.07, 6.45) is 2.45. The van der Waals surface area contributed by atoms with Crippen molar-refractivity contribution in [2.45, 2.75) is 32.7 Å². The smallest absolute Gasteiger partial charge is 0.305 e. The number of carboxylic acid groups (broad SMARTS) is 1. The summed E-state index contributed by atoms with van der Waals surface area (Å²) >= 11 is 5.61. The summed E-state index contributed by atoms with van der Waals surface area (Å²) < 4.78 is 0. The second-order valence-electron chi connectivity index (χ2n) is 5.00. The third-order valence-corrected chi connectivity index (χ3v) is 2.64. The molecule has 0 saturated carbocycles. The van der Waals surface area contributed by atoms with Crippen molar-refractivity contribution in [2.24, 2.45) is 0 Å². The van der Waals surface area contributed by atoms with Crippen LogP contribution in [-0.4, -0.2) is 43.9 Å². The maximum atomic E-state index is 12.3. The van der Waals surface area contributed by atoms with Gasteiger partial charge in [-0.25, -0.2) is 9.97 Å². The van der Waals surface area contributed by atoms with E-state index in [9.17, 15) is 9.59 Å². The second-order valence-corrected chi connectivity index (χ2v) is 5.38. The molecule has 6 nitrogen and oxygen atoms in total. The van der Waals surface area contributed by atoms with Crippen molar-refractivity contribution in [1.82, 2.24) is 14.9 Å². The Balaban J connectivity index is 2.94. The average Bonchev–Trinajstić information content (AvgIpc) is 2.27. The number of amides is 1. The number of halogens is 1. The number of nitrogens with zero attached hydrogens (tertiary/aromatic N) is 3. The molecule has 7 heteroatoms. The first-order valence-corrected chi connectivity index (χ1v) is 6.11. The molecule has 0 spiro atoms. The molecule has 0 radical (unpaired) electrons. The molecule has 0 aliphatic carbocycles. The molecule has 1 aromatic heterocycles. The maximum Gasteiger partial charge on any atom is 0.305 e. The summed E-state index contributed by atoms with van der Waals surface area (Å²) in [5.41, 5.74) is -0.363. The van der Waals surface area contributed by atoms with Crippen molar-refractivity contribution in [2.75, 3.05) is 6.54 Å². The summed E-state index contributed by atoms with van der Waals surface area (Å²) in [5, 5.41) is 8.93. The molecule has 19 heavy (non-hydrogen) atoms. The Morgan fingerprint density at radius 1 is 1.32 bits per heavy atom. The zero-order valence-corrected chi connectivity index (χ0v) is 11.8. The Labute approximate surface area is 116 Å². The van der Waals surface area contributed by atoms with E-state index in [1.165, 1.54) is 17.3 Å². The van der Waals surface area contributed by atoms with Crippen LogP contribution in [0.15, 0.2) is 12.4 Å². The molecule has 0 atom stereocenters. The number of hydrogen-bond donors (Lipinski definition) is 1. The SMILES string of the molecule is CC(C)(C)N(CCC(=O)O)C(=O)c1cnc(Cl)cn1. The highest BCUT2D eigenvalue weighted by Gasteiger charge is 2.28. The molecular weight excluding hydrogens is 270 g/mol. The Bertz CT molecular complexity index is 468. The Kier molecular flexibility index (Phi) is 4.83. The third kappa shape index (κ3) is 4.48. The predicted octanol–water partition coefficient (Wildman–Crippen LogP) is 1.85. The van der Waals surface area contributed by atoms with Crippen LogP contribution in [0.4, 0.5) is 0 Å². The molecule has 1 rings (SSSR count). The van der Waals surface area contributed by atoms with Gasteiger partial charge in [-0.1, -0.05) is 11.6 Å². The van der Waals surface area contributed by atoms with Crippen LogP contribution in [0.1, 0.15) is 37.7 Å². The minimum Gasteiger partial charge on any atom is -0.481 e. The minimum absolute atomic E-state index is 0.113. The molecule has 1 amide bonds. The van der Waals surface area contributed by atoms with Gasteiger partial charge in [-0.05, 0) is 20.8 Å². The van der Waals surface area contributed by atoms with Crippen molar-refractivity contribution in [3.63, 3.8) is 0 Å². The number of carbonyl (C=O) groups is 2. The minimum atomic E-state index is -0.954. The largest absolute Gasteiger partial charge is 0.481 e. The first-order chi connectivity index (χ1) is 8.71. The lowest BCUT2D eigenvalue weighted by Gasteiger charge is -2.35. The summed E-state index contributed by atoms with van der Waals surface area (Å²) in [4.78, 5) is 32.1. The van der Waals surface area contributed by atoms with Crippen molar-refractivity contribution >= 4 is 23.5 Å². The van der Waals surface area contributed by atoms with Gasteiger partial charge in [0.25, 0.3) is 5.91 Å². The van der Waals surface area contributed by atoms with E-state index in [-0.39, 0.29) is 29.7 Å². The van der Waals surface area contributed by atoms with Crippen LogP contribution in [0.3, 0.4) is 0 Å². The summed E-state index contributed by atoms with van der Waals surface area (Å²) in [6, 6.07) is 0. The van der Waals surface area contributed by atoms with E-state index < -0.39 is 11.5 Å². The Morgan fingerprint density at radius 2 is 1.95 bits per heavy atom. The van der Waals surface area contributed by atoms with E-state index >= 15 is 0 Å². The van der Waals surface area contributed by atoms with Crippen molar-refractivity contribution in [3.05, 3.63) is 23.2 Å². The molecule has 0 bridgehead atoms. The summed E-state index contributed by atoms with van der Waals surface area (Å²) in [5.74, 6) is -1.32. The second kappa shape index (κ2) is 5.97. The van der Waals surface area contributed by atoms with Crippen LogP contribution in [0.2, 0.25) is 5.15 Å². The molecular formula is C12H16ClN3O3. The first kappa shape index (κ1) is 15.4. The lowest BCUT2D eigenvalue weighted by Crippen LogP contribution is -2.46. The zero-order chi connectivity index (χ0) is 14.6. The lowest BCUT2D eigenvalue weighted by molar-refractivity contribution is -0.137. The van der Waals surface area contributed by atoms with Gasteiger partial charge in [0.05, 0.1) is 18.8 Å². The quantitative estimate of drug-likeness (QED) is 0.912. The van der Waals surface area contributed by atoms with Crippen LogP contribution >= 0.6 is 11.6 Å². The molecule has 0 saturated heterocycles. The van der Waals surface area contributed by atoms with Crippen LogP contribution in [0, 0.1) is 0 Å². The van der Waals surface area contributed by atoms with Gasteiger partial charge in [0.2, 0.25) is 0 Å². The van der Waals surface area contributed by atoms with Gasteiger partial charge in [0, 0.05) is 12.1 Å². The number of aliphatic carboxylic acids is 1. The van der Waals surface area contributed by atoms with Gasteiger partial charge < -0.3 is 10.0 Å². The molecule has 0 aliphatic rings. The van der Waals surface area contributed by atoms with Gasteiger partial charge >= 0.3 is 5.97 Å². The number of aromatic nitrogens is 2. The monoisotopic (exact) mass is 285 g/mol. The van der Waals surface area contributed by atoms with Crippen molar-refractivity contribution in [3.8, 4) is 0 Å². The van der Waals surface area contributed by atoms with E-state index in [0.717, 1.165) is 0 Å². The first-order valence-electron chi connectivity index (χ1n) is 5.73. The third-order valence-electron chi connectivity index (χ3n) is 2.44. The Hall–Kier alpha value is -1.69. The lowest BCUT2D eigenvalue weighted by atomic mass is 10.0. The van der Waals surface area contributed by atoms with Crippen LogP contribution in [-0.2, 0) is 4.79 Å². The van der Waals surface area contributed by atoms with Crippen molar-refractivity contribution in [1.29, 1.82) is 0 Å². The molecule has 0 fully saturated rings. The molecule has 1 aromatic rings. The van der Waals surface area contributed by atoms with Gasteiger partial charge in [0.15, 0.2) is 0 Å². The van der Waals surface area contributed by atoms with Crippen LogP contribution in [0.25, 0.3) is 0 Å². The standard InChI is InChI=1S/C12H16ClN3O3/c1-12(2,3)16(5-4-10(17)18)11(19)8-6-15-9(13)7-14-8/h6-7H,4-5H2,1-3H3,(H,17,18). The van der Waals surface area contributed by atoms with E-state index in [4.69, 9.17) is 16.7 Å². The average molecular weight is 286 g/mol. The zero-order valence-electron chi connectivity index (χ0n) is 11.1. The fourth-order valence-electron chi connectivity index (χ4n) is 1.51. The molecule has 0 aliphatic heterocycles.